The van der Waals surface area contributed by atoms with Crippen molar-refractivity contribution in [3.05, 3.63) is 28.2 Å². The van der Waals surface area contributed by atoms with Crippen LogP contribution in [0.15, 0.2) is 18.2 Å². The fourth-order valence-corrected chi connectivity index (χ4v) is 4.06. The molecule has 3 unspecified atom stereocenters. The maximum absolute atomic E-state index is 6.15. The minimum atomic E-state index is 0.723. The van der Waals surface area contributed by atoms with E-state index in [2.05, 4.69) is 5.32 Å². The number of para-hydroxylation sites is 1. The molecule has 2 bridgehead atoms. The molecule has 17 heavy (non-hydrogen) atoms. The standard InChI is InChI=1S/C14H17Cl2N/c15-12-2-1-3-13(16)14(12)17-8-11-7-9-4-5-10(11)6-9/h1-3,9-11,17H,4-8H2. The van der Waals surface area contributed by atoms with Crippen molar-refractivity contribution in [1.29, 1.82) is 0 Å². The lowest BCUT2D eigenvalue weighted by molar-refractivity contribution is 0.348. The molecule has 92 valence electrons. The minimum Gasteiger partial charge on any atom is -0.382 e. The van der Waals surface area contributed by atoms with E-state index in [1.165, 1.54) is 25.7 Å². The van der Waals surface area contributed by atoms with Gasteiger partial charge in [0.05, 0.1) is 15.7 Å². The first-order valence-corrected chi connectivity index (χ1v) is 7.17. The Labute approximate surface area is 112 Å². The van der Waals surface area contributed by atoms with Gasteiger partial charge >= 0.3 is 0 Å². The SMILES string of the molecule is Clc1cccc(Cl)c1NCC1CC2CCC1C2. The molecule has 2 aliphatic carbocycles. The number of hydrogen-bond acceptors (Lipinski definition) is 1. The Balaban J connectivity index is 1.64. The number of benzene rings is 1. The van der Waals surface area contributed by atoms with E-state index in [1.807, 2.05) is 18.2 Å². The molecule has 2 aliphatic rings. The van der Waals surface area contributed by atoms with Gasteiger partial charge < -0.3 is 5.32 Å². The summed E-state index contributed by atoms with van der Waals surface area (Å²) in [5.74, 6) is 2.75. The van der Waals surface area contributed by atoms with Gasteiger partial charge in [-0.2, -0.15) is 0 Å². The van der Waals surface area contributed by atoms with Gasteiger partial charge in [0.2, 0.25) is 0 Å². The second-order valence-electron chi connectivity index (χ2n) is 5.41. The molecule has 0 heterocycles. The molecule has 3 rings (SSSR count). The summed E-state index contributed by atoms with van der Waals surface area (Å²) < 4.78 is 0. The molecule has 0 saturated heterocycles. The Bertz CT molecular complexity index is 398. The summed E-state index contributed by atoms with van der Waals surface area (Å²) in [4.78, 5) is 0. The summed E-state index contributed by atoms with van der Waals surface area (Å²) in [6.45, 7) is 1.02. The molecule has 3 heteroatoms. The second-order valence-corrected chi connectivity index (χ2v) is 6.23. The summed E-state index contributed by atoms with van der Waals surface area (Å²) in [6.07, 6.45) is 5.71. The quantitative estimate of drug-likeness (QED) is 0.828. The molecule has 1 N–H and O–H groups in total. The fourth-order valence-electron chi connectivity index (χ4n) is 3.53. The molecule has 0 radical (unpaired) electrons. The van der Waals surface area contributed by atoms with Gasteiger partial charge in [-0.15, -0.1) is 0 Å². The van der Waals surface area contributed by atoms with Crippen molar-refractivity contribution in [3.63, 3.8) is 0 Å². The lowest BCUT2D eigenvalue weighted by atomic mass is 9.89. The van der Waals surface area contributed by atoms with Crippen molar-refractivity contribution in [2.24, 2.45) is 17.8 Å². The number of halogens is 2. The molecule has 1 aromatic carbocycles. The Morgan fingerprint density at radius 2 is 1.88 bits per heavy atom. The molecule has 1 aromatic rings. The van der Waals surface area contributed by atoms with Crippen molar-refractivity contribution in [3.8, 4) is 0 Å². The lowest BCUT2D eigenvalue weighted by Gasteiger charge is -2.23. The highest BCUT2D eigenvalue weighted by atomic mass is 35.5. The third-order valence-corrected chi connectivity index (χ3v) is 5.02. The monoisotopic (exact) mass is 269 g/mol. The molecule has 2 saturated carbocycles. The summed E-state index contributed by atoms with van der Waals surface area (Å²) in [5, 5.41) is 4.89. The highest BCUT2D eigenvalue weighted by molar-refractivity contribution is 6.39. The predicted molar refractivity (Wildman–Crippen MR) is 73.9 cm³/mol. The Kier molecular flexibility index (Phi) is 3.23. The molecule has 0 aliphatic heterocycles. The summed E-state index contributed by atoms with van der Waals surface area (Å²) in [5.41, 5.74) is 0.901. The van der Waals surface area contributed by atoms with E-state index in [1.54, 1.807) is 0 Å². The average Bonchev–Trinajstić information content (AvgIpc) is 2.90. The van der Waals surface area contributed by atoms with E-state index in [-0.39, 0.29) is 0 Å². The van der Waals surface area contributed by atoms with Gasteiger partial charge in [0.15, 0.2) is 0 Å². The zero-order valence-corrected chi connectivity index (χ0v) is 11.3. The zero-order chi connectivity index (χ0) is 11.8. The van der Waals surface area contributed by atoms with E-state index in [4.69, 9.17) is 23.2 Å². The summed E-state index contributed by atoms with van der Waals surface area (Å²) >= 11 is 12.3. The maximum Gasteiger partial charge on any atom is 0.0719 e. The molecule has 0 amide bonds. The number of anilines is 1. The van der Waals surface area contributed by atoms with Crippen LogP contribution in [0, 0.1) is 17.8 Å². The second kappa shape index (κ2) is 4.70. The van der Waals surface area contributed by atoms with Crippen molar-refractivity contribution < 1.29 is 0 Å². The third kappa shape index (κ3) is 2.28. The van der Waals surface area contributed by atoms with Crippen LogP contribution >= 0.6 is 23.2 Å². The lowest BCUT2D eigenvalue weighted by Crippen LogP contribution is -2.20. The summed E-state index contributed by atoms with van der Waals surface area (Å²) in [6, 6.07) is 5.65. The van der Waals surface area contributed by atoms with Gasteiger partial charge in [0.25, 0.3) is 0 Å². The van der Waals surface area contributed by atoms with Crippen LogP contribution in [0.3, 0.4) is 0 Å². The largest absolute Gasteiger partial charge is 0.382 e. The first kappa shape index (κ1) is 11.7. The normalized spacial score (nSPS) is 30.8. The highest BCUT2D eigenvalue weighted by Gasteiger charge is 2.39. The molecular formula is C14H17Cl2N. The smallest absolute Gasteiger partial charge is 0.0719 e. The van der Waals surface area contributed by atoms with E-state index in [0.717, 1.165) is 40.0 Å². The van der Waals surface area contributed by atoms with E-state index < -0.39 is 0 Å². The molecule has 0 aromatic heterocycles. The van der Waals surface area contributed by atoms with Crippen molar-refractivity contribution >= 4 is 28.9 Å². The van der Waals surface area contributed by atoms with E-state index >= 15 is 0 Å². The van der Waals surface area contributed by atoms with Gasteiger partial charge in [0.1, 0.15) is 0 Å². The van der Waals surface area contributed by atoms with Crippen LogP contribution in [-0.2, 0) is 0 Å². The molecule has 0 spiro atoms. The Hall–Kier alpha value is -0.400. The highest BCUT2D eigenvalue weighted by Crippen LogP contribution is 2.48. The van der Waals surface area contributed by atoms with Gasteiger partial charge in [-0.05, 0) is 49.1 Å². The number of rotatable bonds is 3. The number of fused-ring (bicyclic) bond motifs is 2. The van der Waals surface area contributed by atoms with Crippen LogP contribution in [0.1, 0.15) is 25.7 Å². The van der Waals surface area contributed by atoms with E-state index in [9.17, 15) is 0 Å². The topological polar surface area (TPSA) is 12.0 Å². The first-order chi connectivity index (χ1) is 8.24. The van der Waals surface area contributed by atoms with Crippen LogP contribution in [0.4, 0.5) is 5.69 Å². The fraction of sp³-hybridized carbons (Fsp3) is 0.571. The Morgan fingerprint density at radius 3 is 2.47 bits per heavy atom. The van der Waals surface area contributed by atoms with Gasteiger partial charge in [-0.25, -0.2) is 0 Å². The zero-order valence-electron chi connectivity index (χ0n) is 9.76. The van der Waals surface area contributed by atoms with Crippen molar-refractivity contribution in [2.45, 2.75) is 25.7 Å². The molecule has 1 nitrogen and oxygen atoms in total. The third-order valence-electron chi connectivity index (χ3n) is 4.39. The van der Waals surface area contributed by atoms with Crippen LogP contribution in [0.5, 0.6) is 0 Å². The maximum atomic E-state index is 6.15. The Morgan fingerprint density at radius 1 is 1.12 bits per heavy atom. The molecular weight excluding hydrogens is 253 g/mol. The minimum absolute atomic E-state index is 0.723. The first-order valence-electron chi connectivity index (χ1n) is 6.42. The number of hydrogen-bond donors (Lipinski definition) is 1. The molecule has 3 atom stereocenters. The van der Waals surface area contributed by atoms with Crippen LogP contribution in [0.25, 0.3) is 0 Å². The number of nitrogens with one attached hydrogen (secondary N) is 1. The van der Waals surface area contributed by atoms with Gasteiger partial charge in [-0.1, -0.05) is 35.7 Å². The average molecular weight is 270 g/mol. The van der Waals surface area contributed by atoms with Crippen LogP contribution < -0.4 is 5.32 Å². The van der Waals surface area contributed by atoms with Crippen molar-refractivity contribution in [2.75, 3.05) is 11.9 Å². The van der Waals surface area contributed by atoms with Crippen LogP contribution in [-0.4, -0.2) is 6.54 Å². The predicted octanol–water partition coefficient (Wildman–Crippen LogP) is 4.84. The van der Waals surface area contributed by atoms with Gasteiger partial charge in [-0.3, -0.25) is 0 Å². The van der Waals surface area contributed by atoms with Crippen molar-refractivity contribution in [1.82, 2.24) is 0 Å². The van der Waals surface area contributed by atoms with E-state index in [0.29, 0.717) is 0 Å². The molecule has 2 fully saturated rings. The summed E-state index contributed by atoms with van der Waals surface area (Å²) in [7, 11) is 0. The van der Waals surface area contributed by atoms with Crippen LogP contribution in [0.2, 0.25) is 10.0 Å². The van der Waals surface area contributed by atoms with Gasteiger partial charge in [0, 0.05) is 6.54 Å².